The third kappa shape index (κ3) is 5.53. The Balaban J connectivity index is 0.00000300. The summed E-state index contributed by atoms with van der Waals surface area (Å²) in [6.45, 7) is 5.82. The van der Waals surface area contributed by atoms with Crippen LogP contribution in [0.3, 0.4) is 0 Å². The van der Waals surface area contributed by atoms with Gasteiger partial charge in [0.05, 0.1) is 11.7 Å². The van der Waals surface area contributed by atoms with Gasteiger partial charge < -0.3 is 15.5 Å². The molecule has 1 atom stereocenters. The number of benzene rings is 2. The van der Waals surface area contributed by atoms with Crippen molar-refractivity contribution in [3.05, 3.63) is 59.2 Å². The average molecular weight is 434 g/mol. The first kappa shape index (κ1) is 23.3. The summed E-state index contributed by atoms with van der Waals surface area (Å²) in [5, 5.41) is 6.23. The second-order valence-corrected chi connectivity index (χ2v) is 7.76. The van der Waals surface area contributed by atoms with Crippen LogP contribution in [-0.4, -0.2) is 42.6 Å². The first-order valence-corrected chi connectivity index (χ1v) is 10.8. The maximum atomic E-state index is 13.3. The number of piperazine rings is 1. The summed E-state index contributed by atoms with van der Waals surface area (Å²) in [5.74, 6) is -0.0946. The van der Waals surface area contributed by atoms with Crippen LogP contribution < -0.4 is 10.6 Å². The molecule has 29 heavy (non-hydrogen) atoms. The number of rotatable bonds is 5. The topological polar surface area (TPSA) is 61.4 Å². The molecule has 1 aliphatic rings. The smallest absolute Gasteiger partial charge is 0.254 e. The molecule has 1 aliphatic heterocycles. The maximum Gasteiger partial charge on any atom is 0.254 e. The maximum absolute atomic E-state index is 13.3. The second kappa shape index (κ2) is 10.7. The zero-order valence-corrected chi connectivity index (χ0v) is 18.7. The van der Waals surface area contributed by atoms with Crippen molar-refractivity contribution in [2.75, 3.05) is 31.2 Å². The fourth-order valence-electron chi connectivity index (χ4n) is 3.50. The number of hydrogen-bond acceptors (Lipinski definition) is 4. The van der Waals surface area contributed by atoms with E-state index in [-0.39, 0.29) is 30.3 Å². The summed E-state index contributed by atoms with van der Waals surface area (Å²) >= 11 is 1.52. The molecular formula is C22H28ClN3O2S. The van der Waals surface area contributed by atoms with Crippen LogP contribution in [0.15, 0.2) is 47.4 Å². The molecule has 0 saturated carbocycles. The van der Waals surface area contributed by atoms with E-state index in [2.05, 4.69) is 41.8 Å². The van der Waals surface area contributed by atoms with Crippen molar-refractivity contribution in [3.8, 4) is 0 Å². The van der Waals surface area contributed by atoms with Gasteiger partial charge in [0.15, 0.2) is 0 Å². The minimum Gasteiger partial charge on any atom is -0.329 e. The van der Waals surface area contributed by atoms with Gasteiger partial charge in [-0.2, -0.15) is 0 Å². The monoisotopic (exact) mass is 433 g/mol. The van der Waals surface area contributed by atoms with Gasteiger partial charge in [-0.05, 0) is 42.0 Å². The molecule has 1 fully saturated rings. The fourth-order valence-corrected chi connectivity index (χ4v) is 4.09. The summed E-state index contributed by atoms with van der Waals surface area (Å²) in [6, 6.07) is 14.0. The van der Waals surface area contributed by atoms with Crippen LogP contribution in [0.1, 0.15) is 41.4 Å². The molecule has 5 nitrogen and oxygen atoms in total. The number of nitrogens with zero attached hydrogens (tertiary/aromatic N) is 1. The number of carbonyl (C=O) groups is 2. The Morgan fingerprint density at radius 3 is 2.55 bits per heavy atom. The Morgan fingerprint density at radius 1 is 1.21 bits per heavy atom. The molecule has 2 amide bonds. The van der Waals surface area contributed by atoms with Gasteiger partial charge in [-0.25, -0.2) is 0 Å². The predicted molar refractivity (Wildman–Crippen MR) is 122 cm³/mol. The molecule has 7 heteroatoms. The van der Waals surface area contributed by atoms with Crippen LogP contribution in [0, 0.1) is 0 Å². The van der Waals surface area contributed by atoms with E-state index in [4.69, 9.17) is 0 Å². The highest BCUT2D eigenvalue weighted by molar-refractivity contribution is 7.98. The Bertz CT molecular complexity index is 858. The van der Waals surface area contributed by atoms with Crippen LogP contribution in [0.25, 0.3) is 0 Å². The minimum atomic E-state index is -0.118. The standard InChI is InChI=1S/C22H27N3O2S.ClH/c1-4-16-5-7-17(8-6-16)20-14-23-11-12-25(20)22(27)18-9-10-19(24-15(2)26)21(13-18)28-3;/h5-10,13,20,23H,4,11-12,14H2,1-3H3,(H,24,26);1H. The quantitative estimate of drug-likeness (QED) is 0.696. The lowest BCUT2D eigenvalue weighted by Crippen LogP contribution is -2.48. The highest BCUT2D eigenvalue weighted by atomic mass is 35.5. The second-order valence-electron chi connectivity index (χ2n) is 6.91. The van der Waals surface area contributed by atoms with Crippen LogP contribution in [-0.2, 0) is 11.2 Å². The lowest BCUT2D eigenvalue weighted by molar-refractivity contribution is -0.114. The molecule has 2 N–H and O–H groups in total. The third-order valence-corrected chi connectivity index (χ3v) is 5.81. The highest BCUT2D eigenvalue weighted by Gasteiger charge is 2.29. The first-order chi connectivity index (χ1) is 13.5. The van der Waals surface area contributed by atoms with Crippen molar-refractivity contribution in [1.29, 1.82) is 0 Å². The summed E-state index contributed by atoms with van der Waals surface area (Å²) in [5.41, 5.74) is 3.83. The number of halogens is 1. The summed E-state index contributed by atoms with van der Waals surface area (Å²) in [7, 11) is 0. The van der Waals surface area contributed by atoms with Crippen LogP contribution >= 0.6 is 24.2 Å². The summed E-state index contributed by atoms with van der Waals surface area (Å²) < 4.78 is 0. The lowest BCUT2D eigenvalue weighted by Gasteiger charge is -2.37. The van der Waals surface area contributed by atoms with E-state index < -0.39 is 0 Å². The van der Waals surface area contributed by atoms with E-state index in [0.717, 1.165) is 35.7 Å². The molecular weight excluding hydrogens is 406 g/mol. The van der Waals surface area contributed by atoms with E-state index in [9.17, 15) is 9.59 Å². The third-order valence-electron chi connectivity index (χ3n) is 5.04. The molecule has 156 valence electrons. The van der Waals surface area contributed by atoms with Crippen molar-refractivity contribution in [2.24, 2.45) is 0 Å². The van der Waals surface area contributed by atoms with Crippen molar-refractivity contribution >= 4 is 41.7 Å². The summed E-state index contributed by atoms with van der Waals surface area (Å²) in [4.78, 5) is 27.5. The van der Waals surface area contributed by atoms with Gasteiger partial charge in [0.25, 0.3) is 5.91 Å². The van der Waals surface area contributed by atoms with Crippen LogP contribution in [0.2, 0.25) is 0 Å². The molecule has 2 aromatic rings. The van der Waals surface area contributed by atoms with Gasteiger partial charge in [-0.15, -0.1) is 24.2 Å². The molecule has 0 radical (unpaired) electrons. The van der Waals surface area contributed by atoms with Gasteiger partial charge in [0.1, 0.15) is 0 Å². The molecule has 0 aromatic heterocycles. The van der Waals surface area contributed by atoms with Gasteiger partial charge >= 0.3 is 0 Å². The minimum absolute atomic E-state index is 0. The van der Waals surface area contributed by atoms with Crippen LogP contribution in [0.4, 0.5) is 5.69 Å². The number of nitrogens with one attached hydrogen (secondary N) is 2. The Kier molecular flexibility index (Phi) is 8.56. The van der Waals surface area contributed by atoms with Crippen molar-refractivity contribution in [3.63, 3.8) is 0 Å². The molecule has 1 saturated heterocycles. The number of aryl methyl sites for hydroxylation is 1. The SMILES string of the molecule is CCc1ccc(C2CNCCN2C(=O)c2ccc(NC(C)=O)c(SC)c2)cc1.Cl. The van der Waals surface area contributed by atoms with Crippen molar-refractivity contribution in [2.45, 2.75) is 31.2 Å². The molecule has 2 aromatic carbocycles. The average Bonchev–Trinajstić information content (AvgIpc) is 2.73. The zero-order chi connectivity index (χ0) is 20.1. The lowest BCUT2D eigenvalue weighted by atomic mass is 10.00. The Morgan fingerprint density at radius 2 is 1.93 bits per heavy atom. The zero-order valence-electron chi connectivity index (χ0n) is 17.0. The van der Waals surface area contributed by atoms with E-state index in [1.807, 2.05) is 23.3 Å². The number of thioether (sulfide) groups is 1. The van der Waals surface area contributed by atoms with Crippen molar-refractivity contribution in [1.82, 2.24) is 10.2 Å². The van der Waals surface area contributed by atoms with Gasteiger partial charge in [0.2, 0.25) is 5.91 Å². The Hall–Kier alpha value is -2.02. The molecule has 3 rings (SSSR count). The number of hydrogen-bond donors (Lipinski definition) is 2. The Labute approximate surface area is 183 Å². The highest BCUT2D eigenvalue weighted by Crippen LogP contribution is 2.29. The van der Waals surface area contributed by atoms with Crippen molar-refractivity contribution < 1.29 is 9.59 Å². The summed E-state index contributed by atoms with van der Waals surface area (Å²) in [6.07, 6.45) is 2.95. The largest absolute Gasteiger partial charge is 0.329 e. The molecule has 1 heterocycles. The van der Waals surface area contributed by atoms with Crippen LogP contribution in [0.5, 0.6) is 0 Å². The van der Waals surface area contributed by atoms with Gasteiger partial charge in [-0.1, -0.05) is 31.2 Å². The van der Waals surface area contributed by atoms with Gasteiger partial charge in [0, 0.05) is 37.0 Å². The molecule has 0 spiro atoms. The molecule has 0 aliphatic carbocycles. The normalized spacial score (nSPS) is 16.1. The van der Waals surface area contributed by atoms with E-state index in [0.29, 0.717) is 12.1 Å². The van der Waals surface area contributed by atoms with E-state index in [1.165, 1.54) is 24.2 Å². The predicted octanol–water partition coefficient (Wildman–Crippen LogP) is 4.14. The molecule has 0 bridgehead atoms. The number of amides is 2. The van der Waals surface area contributed by atoms with E-state index in [1.54, 1.807) is 6.07 Å². The van der Waals surface area contributed by atoms with E-state index >= 15 is 0 Å². The fraction of sp³-hybridized carbons (Fsp3) is 0.364. The van der Waals surface area contributed by atoms with Gasteiger partial charge in [-0.3, -0.25) is 9.59 Å². The first-order valence-electron chi connectivity index (χ1n) is 9.59. The number of carbonyl (C=O) groups excluding carboxylic acids is 2. The number of anilines is 1. The molecule has 1 unspecified atom stereocenters.